The fraction of sp³-hybridized carbons (Fsp3) is 0.450. The quantitative estimate of drug-likeness (QED) is 0.614. The second-order valence-corrected chi connectivity index (χ2v) is 6.79. The molecule has 0 atom stereocenters. The molecule has 4 rings (SSSR count). The summed E-state index contributed by atoms with van der Waals surface area (Å²) in [6, 6.07) is 7.72. The number of aromatic nitrogens is 4. The molecule has 0 saturated carbocycles. The van der Waals surface area contributed by atoms with E-state index in [4.69, 9.17) is 14.2 Å². The SMILES string of the molecule is COCc1nc(NCCN2CCOCC2)c2cnn(-c3ccc(OC)cc3)c2n1. The van der Waals surface area contributed by atoms with Gasteiger partial charge in [-0.25, -0.2) is 14.6 Å². The molecule has 3 aromatic rings. The Balaban J connectivity index is 1.60. The molecule has 2 aromatic heterocycles. The van der Waals surface area contributed by atoms with Crippen LogP contribution in [0.5, 0.6) is 5.75 Å². The summed E-state index contributed by atoms with van der Waals surface area (Å²) in [5.41, 5.74) is 1.65. The predicted molar refractivity (Wildman–Crippen MR) is 110 cm³/mol. The Labute approximate surface area is 169 Å². The molecule has 3 heterocycles. The number of nitrogens with zero attached hydrogens (tertiary/aromatic N) is 5. The van der Waals surface area contributed by atoms with Crippen LogP contribution in [0.3, 0.4) is 0 Å². The van der Waals surface area contributed by atoms with Crippen molar-refractivity contribution in [3.63, 3.8) is 0 Å². The highest BCUT2D eigenvalue weighted by Gasteiger charge is 2.15. The van der Waals surface area contributed by atoms with Crippen LogP contribution < -0.4 is 10.1 Å². The van der Waals surface area contributed by atoms with Crippen molar-refractivity contribution >= 4 is 16.9 Å². The Hall–Kier alpha value is -2.75. The summed E-state index contributed by atoms with van der Waals surface area (Å²) in [7, 11) is 3.29. The van der Waals surface area contributed by atoms with Crippen molar-refractivity contribution in [1.82, 2.24) is 24.6 Å². The van der Waals surface area contributed by atoms with E-state index in [1.807, 2.05) is 28.9 Å². The van der Waals surface area contributed by atoms with Gasteiger partial charge in [0, 0.05) is 33.3 Å². The second-order valence-electron chi connectivity index (χ2n) is 6.79. The minimum atomic E-state index is 0.335. The number of anilines is 1. The number of rotatable bonds is 8. The molecule has 29 heavy (non-hydrogen) atoms. The van der Waals surface area contributed by atoms with E-state index >= 15 is 0 Å². The Morgan fingerprint density at radius 1 is 1.10 bits per heavy atom. The van der Waals surface area contributed by atoms with Gasteiger partial charge in [0.25, 0.3) is 0 Å². The molecule has 9 nitrogen and oxygen atoms in total. The van der Waals surface area contributed by atoms with Crippen molar-refractivity contribution in [3.05, 3.63) is 36.3 Å². The maximum Gasteiger partial charge on any atom is 0.168 e. The van der Waals surface area contributed by atoms with Gasteiger partial charge in [0.05, 0.1) is 37.6 Å². The van der Waals surface area contributed by atoms with Gasteiger partial charge >= 0.3 is 0 Å². The zero-order valence-electron chi connectivity index (χ0n) is 16.8. The van der Waals surface area contributed by atoms with Crippen LogP contribution in [0.4, 0.5) is 5.82 Å². The average Bonchev–Trinajstić information content (AvgIpc) is 3.19. The van der Waals surface area contributed by atoms with E-state index in [2.05, 4.69) is 25.3 Å². The Bertz CT molecular complexity index is 937. The molecule has 0 amide bonds. The summed E-state index contributed by atoms with van der Waals surface area (Å²) >= 11 is 0. The largest absolute Gasteiger partial charge is 0.497 e. The smallest absolute Gasteiger partial charge is 0.168 e. The van der Waals surface area contributed by atoms with Gasteiger partial charge < -0.3 is 19.5 Å². The van der Waals surface area contributed by atoms with Crippen molar-refractivity contribution in [3.8, 4) is 11.4 Å². The lowest BCUT2D eigenvalue weighted by atomic mass is 10.3. The third-order valence-corrected chi connectivity index (χ3v) is 4.89. The summed E-state index contributed by atoms with van der Waals surface area (Å²) < 4.78 is 17.7. The first kappa shape index (κ1) is 19.6. The van der Waals surface area contributed by atoms with E-state index in [9.17, 15) is 0 Å². The average molecular weight is 398 g/mol. The van der Waals surface area contributed by atoms with Crippen LogP contribution >= 0.6 is 0 Å². The van der Waals surface area contributed by atoms with Gasteiger partial charge in [0.2, 0.25) is 0 Å². The van der Waals surface area contributed by atoms with E-state index in [1.54, 1.807) is 20.4 Å². The number of morpholine rings is 1. The van der Waals surface area contributed by atoms with Crippen LogP contribution in [-0.4, -0.2) is 78.3 Å². The first-order valence-corrected chi connectivity index (χ1v) is 9.70. The van der Waals surface area contributed by atoms with Crippen molar-refractivity contribution in [2.24, 2.45) is 0 Å². The number of nitrogens with one attached hydrogen (secondary N) is 1. The maximum atomic E-state index is 5.41. The lowest BCUT2D eigenvalue weighted by Gasteiger charge is -2.26. The van der Waals surface area contributed by atoms with Gasteiger partial charge in [0.1, 0.15) is 18.2 Å². The van der Waals surface area contributed by atoms with Crippen molar-refractivity contribution in [2.75, 3.05) is 58.9 Å². The molecule has 0 spiro atoms. The molecule has 0 unspecified atom stereocenters. The highest BCUT2D eigenvalue weighted by molar-refractivity contribution is 5.87. The van der Waals surface area contributed by atoms with Gasteiger partial charge in [-0.3, -0.25) is 4.90 Å². The minimum Gasteiger partial charge on any atom is -0.497 e. The molecule has 9 heteroatoms. The number of methoxy groups -OCH3 is 2. The fourth-order valence-electron chi connectivity index (χ4n) is 3.35. The van der Waals surface area contributed by atoms with Gasteiger partial charge in [-0.2, -0.15) is 5.10 Å². The number of fused-ring (bicyclic) bond motifs is 1. The van der Waals surface area contributed by atoms with E-state index in [-0.39, 0.29) is 0 Å². The molecule has 1 N–H and O–H groups in total. The number of hydrogen-bond donors (Lipinski definition) is 1. The summed E-state index contributed by atoms with van der Waals surface area (Å²) in [6.45, 7) is 5.57. The van der Waals surface area contributed by atoms with E-state index in [0.717, 1.165) is 67.7 Å². The molecule has 1 saturated heterocycles. The van der Waals surface area contributed by atoms with E-state index < -0.39 is 0 Å². The normalized spacial score (nSPS) is 15.0. The number of benzene rings is 1. The van der Waals surface area contributed by atoms with Crippen LogP contribution in [0.1, 0.15) is 5.82 Å². The summed E-state index contributed by atoms with van der Waals surface area (Å²) in [5.74, 6) is 2.18. The zero-order valence-corrected chi connectivity index (χ0v) is 16.8. The molecule has 154 valence electrons. The molecule has 1 fully saturated rings. The predicted octanol–water partition coefficient (Wildman–Crippen LogP) is 1.71. The Morgan fingerprint density at radius 2 is 1.90 bits per heavy atom. The van der Waals surface area contributed by atoms with Crippen LogP contribution in [0.25, 0.3) is 16.7 Å². The molecule has 1 aliphatic rings. The summed E-state index contributed by atoms with van der Waals surface area (Å²) in [6.07, 6.45) is 1.80. The van der Waals surface area contributed by atoms with Crippen molar-refractivity contribution in [2.45, 2.75) is 6.61 Å². The molecule has 0 radical (unpaired) electrons. The second kappa shape index (κ2) is 9.17. The van der Waals surface area contributed by atoms with Crippen LogP contribution in [0.2, 0.25) is 0 Å². The number of hydrogen-bond acceptors (Lipinski definition) is 8. The maximum absolute atomic E-state index is 5.41. The monoisotopic (exact) mass is 398 g/mol. The zero-order chi connectivity index (χ0) is 20.1. The first-order chi connectivity index (χ1) is 14.3. The van der Waals surface area contributed by atoms with Crippen LogP contribution in [0, 0.1) is 0 Å². The molecular weight excluding hydrogens is 372 g/mol. The number of ether oxygens (including phenoxy) is 3. The van der Waals surface area contributed by atoms with Crippen LogP contribution in [-0.2, 0) is 16.1 Å². The van der Waals surface area contributed by atoms with Gasteiger partial charge in [-0.05, 0) is 24.3 Å². The van der Waals surface area contributed by atoms with Gasteiger partial charge in [-0.1, -0.05) is 0 Å². The first-order valence-electron chi connectivity index (χ1n) is 9.70. The third-order valence-electron chi connectivity index (χ3n) is 4.89. The Morgan fingerprint density at radius 3 is 2.62 bits per heavy atom. The third kappa shape index (κ3) is 4.47. The standard InChI is InChI=1S/C20H26N6O3/c1-27-14-18-23-19(21-7-8-25-9-11-29-12-10-25)17-13-22-26(20(17)24-18)15-3-5-16(28-2)6-4-15/h3-6,13H,7-12,14H2,1-2H3,(H,21,23,24). The summed E-state index contributed by atoms with van der Waals surface area (Å²) in [4.78, 5) is 11.7. The molecule has 0 aliphatic carbocycles. The van der Waals surface area contributed by atoms with E-state index in [1.165, 1.54) is 0 Å². The van der Waals surface area contributed by atoms with Crippen molar-refractivity contribution < 1.29 is 14.2 Å². The summed E-state index contributed by atoms with van der Waals surface area (Å²) in [5, 5.41) is 8.88. The molecule has 1 aromatic carbocycles. The Kier molecular flexibility index (Phi) is 6.18. The van der Waals surface area contributed by atoms with Crippen molar-refractivity contribution in [1.29, 1.82) is 0 Å². The van der Waals surface area contributed by atoms with Gasteiger partial charge in [-0.15, -0.1) is 0 Å². The fourth-order valence-corrected chi connectivity index (χ4v) is 3.35. The minimum absolute atomic E-state index is 0.335. The lowest BCUT2D eigenvalue weighted by molar-refractivity contribution is 0.0398. The molecule has 1 aliphatic heterocycles. The van der Waals surface area contributed by atoms with E-state index in [0.29, 0.717) is 12.4 Å². The molecular formula is C20H26N6O3. The van der Waals surface area contributed by atoms with Crippen LogP contribution in [0.15, 0.2) is 30.5 Å². The van der Waals surface area contributed by atoms with Gasteiger partial charge in [0.15, 0.2) is 11.5 Å². The highest BCUT2D eigenvalue weighted by atomic mass is 16.5. The molecule has 0 bridgehead atoms. The topological polar surface area (TPSA) is 86.6 Å². The highest BCUT2D eigenvalue weighted by Crippen LogP contribution is 2.24. The lowest BCUT2D eigenvalue weighted by Crippen LogP contribution is -2.39.